The van der Waals surface area contributed by atoms with Gasteiger partial charge in [0.15, 0.2) is 0 Å². The number of H-pyrrole nitrogens is 1. The van der Waals surface area contributed by atoms with E-state index in [9.17, 15) is 0 Å². The van der Waals surface area contributed by atoms with Gasteiger partial charge < -0.3 is 10.5 Å². The minimum absolute atomic E-state index is 0.154. The molecule has 0 fully saturated rings. The van der Waals surface area contributed by atoms with Gasteiger partial charge in [-0.2, -0.15) is 5.10 Å². The fourth-order valence-corrected chi connectivity index (χ4v) is 2.25. The van der Waals surface area contributed by atoms with E-state index in [4.69, 9.17) is 10.5 Å². The summed E-state index contributed by atoms with van der Waals surface area (Å²) in [5.74, 6) is 0.984. The Hall–Kier alpha value is -1.81. The van der Waals surface area contributed by atoms with Crippen molar-refractivity contribution in [2.45, 2.75) is 25.5 Å². The van der Waals surface area contributed by atoms with Gasteiger partial charge in [-0.25, -0.2) is 0 Å². The van der Waals surface area contributed by atoms with Crippen molar-refractivity contribution in [2.75, 3.05) is 0 Å². The van der Waals surface area contributed by atoms with Crippen LogP contribution in [0.25, 0.3) is 0 Å². The van der Waals surface area contributed by atoms with Crippen LogP contribution in [0.3, 0.4) is 0 Å². The first kappa shape index (κ1) is 10.4. The number of rotatable bonds is 2. The lowest BCUT2D eigenvalue weighted by Gasteiger charge is -2.11. The van der Waals surface area contributed by atoms with Gasteiger partial charge >= 0.3 is 0 Å². The Labute approximate surface area is 99.8 Å². The van der Waals surface area contributed by atoms with E-state index in [1.807, 2.05) is 18.2 Å². The fraction of sp³-hybridized carbons (Fsp3) is 0.308. The molecule has 0 saturated heterocycles. The van der Waals surface area contributed by atoms with Crippen molar-refractivity contribution >= 4 is 0 Å². The molecule has 2 unspecified atom stereocenters. The van der Waals surface area contributed by atoms with Crippen molar-refractivity contribution < 1.29 is 4.74 Å². The first-order valence-electron chi connectivity index (χ1n) is 5.78. The molecule has 0 saturated carbocycles. The number of nitrogens with zero attached hydrogens (tertiary/aromatic N) is 1. The van der Waals surface area contributed by atoms with Crippen LogP contribution in [0.1, 0.15) is 29.8 Å². The van der Waals surface area contributed by atoms with Crippen LogP contribution >= 0.6 is 0 Å². The molecule has 0 aliphatic carbocycles. The first-order valence-corrected chi connectivity index (χ1v) is 5.78. The smallest absolute Gasteiger partial charge is 0.123 e. The molecule has 1 aromatic carbocycles. The third-order valence-corrected chi connectivity index (χ3v) is 3.14. The summed E-state index contributed by atoms with van der Waals surface area (Å²) in [6.45, 7) is 2.08. The molecule has 0 spiro atoms. The van der Waals surface area contributed by atoms with Gasteiger partial charge in [-0.15, -0.1) is 0 Å². The van der Waals surface area contributed by atoms with Crippen molar-refractivity contribution in [2.24, 2.45) is 5.73 Å². The summed E-state index contributed by atoms with van der Waals surface area (Å²) in [5.41, 5.74) is 9.43. The van der Waals surface area contributed by atoms with Crippen molar-refractivity contribution in [1.29, 1.82) is 0 Å². The monoisotopic (exact) mass is 229 g/mol. The molecule has 2 atom stereocenters. The number of nitrogens with one attached hydrogen (secondary N) is 1. The average Bonchev–Trinajstić information content (AvgIpc) is 2.94. The average molecular weight is 229 g/mol. The predicted molar refractivity (Wildman–Crippen MR) is 64.9 cm³/mol. The number of benzene rings is 1. The lowest BCUT2D eigenvalue weighted by molar-refractivity contribution is 0.254. The van der Waals surface area contributed by atoms with Gasteiger partial charge in [0.25, 0.3) is 0 Å². The minimum atomic E-state index is -0.154. The molecule has 1 aromatic heterocycles. The molecule has 4 nitrogen and oxygen atoms in total. The third-order valence-electron chi connectivity index (χ3n) is 3.14. The van der Waals surface area contributed by atoms with Gasteiger partial charge in [0.1, 0.15) is 11.9 Å². The van der Waals surface area contributed by atoms with E-state index in [1.54, 1.807) is 6.20 Å². The molecular formula is C13H15N3O. The summed E-state index contributed by atoms with van der Waals surface area (Å²) >= 11 is 0. The molecular weight excluding hydrogens is 214 g/mol. The van der Waals surface area contributed by atoms with E-state index in [0.717, 1.165) is 23.4 Å². The lowest BCUT2D eigenvalue weighted by atomic mass is 10.0. The van der Waals surface area contributed by atoms with Gasteiger partial charge in [0.05, 0.1) is 11.7 Å². The van der Waals surface area contributed by atoms with Crippen LogP contribution < -0.4 is 10.5 Å². The molecule has 2 aromatic rings. The number of aromatic amines is 1. The van der Waals surface area contributed by atoms with Crippen LogP contribution in [0.15, 0.2) is 30.5 Å². The largest absolute Gasteiger partial charge is 0.490 e. The highest BCUT2D eigenvalue weighted by molar-refractivity contribution is 5.42. The zero-order chi connectivity index (χ0) is 11.8. The molecule has 1 aliphatic rings. The molecule has 2 heterocycles. The lowest BCUT2D eigenvalue weighted by Crippen LogP contribution is -2.12. The number of nitrogens with two attached hydrogens (primary N) is 1. The van der Waals surface area contributed by atoms with E-state index >= 15 is 0 Å². The summed E-state index contributed by atoms with van der Waals surface area (Å²) in [4.78, 5) is 0. The second-order valence-electron chi connectivity index (χ2n) is 4.49. The summed E-state index contributed by atoms with van der Waals surface area (Å²) in [6.07, 6.45) is 2.94. The molecule has 88 valence electrons. The van der Waals surface area contributed by atoms with E-state index in [2.05, 4.69) is 23.2 Å². The van der Waals surface area contributed by atoms with Crippen LogP contribution in [0.5, 0.6) is 5.75 Å². The van der Waals surface area contributed by atoms with E-state index < -0.39 is 0 Å². The third kappa shape index (κ3) is 1.80. The van der Waals surface area contributed by atoms with Crippen LogP contribution in [0.2, 0.25) is 0 Å². The second-order valence-corrected chi connectivity index (χ2v) is 4.49. The standard InChI is InChI=1S/C13H15N3O/c1-8-6-10-7-9(2-3-12(10)17-8)13(14)11-4-5-15-16-11/h2-5,7-8,13H,6,14H2,1H3,(H,15,16). The maximum absolute atomic E-state index is 6.18. The van der Waals surface area contributed by atoms with Gasteiger partial charge in [-0.3, -0.25) is 5.10 Å². The molecule has 0 radical (unpaired) electrons. The Bertz CT molecular complexity index is 521. The quantitative estimate of drug-likeness (QED) is 0.825. The Morgan fingerprint density at radius 2 is 2.35 bits per heavy atom. The maximum Gasteiger partial charge on any atom is 0.123 e. The molecule has 3 N–H and O–H groups in total. The van der Waals surface area contributed by atoms with Gasteiger partial charge in [-0.1, -0.05) is 12.1 Å². The maximum atomic E-state index is 6.18. The van der Waals surface area contributed by atoms with Crippen molar-refractivity contribution in [3.8, 4) is 5.75 Å². The molecule has 1 aliphatic heterocycles. The normalized spacial score (nSPS) is 19.8. The van der Waals surface area contributed by atoms with Crippen LogP contribution in [-0.2, 0) is 6.42 Å². The van der Waals surface area contributed by atoms with Gasteiger partial charge in [0.2, 0.25) is 0 Å². The Balaban J connectivity index is 1.93. The second kappa shape index (κ2) is 3.89. The van der Waals surface area contributed by atoms with Crippen LogP contribution in [0, 0.1) is 0 Å². The Kier molecular flexibility index (Phi) is 2.37. The molecule has 0 bridgehead atoms. The highest BCUT2D eigenvalue weighted by atomic mass is 16.5. The SMILES string of the molecule is CC1Cc2cc(C(N)c3ccn[nH]3)ccc2O1. The van der Waals surface area contributed by atoms with Crippen molar-refractivity contribution in [3.05, 3.63) is 47.3 Å². The topological polar surface area (TPSA) is 63.9 Å². The van der Waals surface area contributed by atoms with Crippen LogP contribution in [-0.4, -0.2) is 16.3 Å². The summed E-state index contributed by atoms with van der Waals surface area (Å²) in [6, 6.07) is 7.90. The Morgan fingerprint density at radius 3 is 3.12 bits per heavy atom. The number of aromatic nitrogens is 2. The number of hydrogen-bond acceptors (Lipinski definition) is 3. The van der Waals surface area contributed by atoms with E-state index in [0.29, 0.717) is 0 Å². The minimum Gasteiger partial charge on any atom is -0.490 e. The highest BCUT2D eigenvalue weighted by Crippen LogP contribution is 2.31. The Morgan fingerprint density at radius 1 is 1.47 bits per heavy atom. The number of fused-ring (bicyclic) bond motifs is 1. The van der Waals surface area contributed by atoms with Crippen molar-refractivity contribution in [1.82, 2.24) is 10.2 Å². The summed E-state index contributed by atoms with van der Waals surface area (Å²) in [7, 11) is 0. The first-order chi connectivity index (χ1) is 8.24. The van der Waals surface area contributed by atoms with E-state index in [-0.39, 0.29) is 12.1 Å². The fourth-order valence-electron chi connectivity index (χ4n) is 2.25. The summed E-state index contributed by atoms with van der Waals surface area (Å²) < 4.78 is 5.67. The van der Waals surface area contributed by atoms with E-state index in [1.165, 1.54) is 5.56 Å². The van der Waals surface area contributed by atoms with Crippen LogP contribution in [0.4, 0.5) is 0 Å². The highest BCUT2D eigenvalue weighted by Gasteiger charge is 2.20. The van der Waals surface area contributed by atoms with Gasteiger partial charge in [-0.05, 0) is 30.2 Å². The number of ether oxygens (including phenoxy) is 1. The molecule has 17 heavy (non-hydrogen) atoms. The van der Waals surface area contributed by atoms with Crippen molar-refractivity contribution in [3.63, 3.8) is 0 Å². The molecule has 0 amide bonds. The zero-order valence-electron chi connectivity index (χ0n) is 9.68. The predicted octanol–water partition coefficient (Wildman–Crippen LogP) is 1.78. The number of hydrogen-bond donors (Lipinski definition) is 2. The summed E-state index contributed by atoms with van der Waals surface area (Å²) in [5, 5.41) is 6.83. The zero-order valence-corrected chi connectivity index (χ0v) is 9.68. The van der Waals surface area contributed by atoms with Gasteiger partial charge in [0, 0.05) is 12.6 Å². The molecule has 3 rings (SSSR count). The molecule has 4 heteroatoms.